The van der Waals surface area contributed by atoms with Gasteiger partial charge in [-0.3, -0.25) is 9.78 Å². The molecule has 0 spiro atoms. The van der Waals surface area contributed by atoms with Crippen molar-refractivity contribution in [3.8, 4) is 0 Å². The highest BCUT2D eigenvalue weighted by Gasteiger charge is 2.17. The predicted molar refractivity (Wildman–Crippen MR) is 75.8 cm³/mol. The number of pyridine rings is 1. The Bertz CT molecular complexity index is 591. The number of nitrogens with zero attached hydrogens (tertiary/aromatic N) is 1. The fraction of sp³-hybridized carbons (Fsp3) is 0.231. The molecule has 2 aromatic heterocycles. The summed E-state index contributed by atoms with van der Waals surface area (Å²) in [5.41, 5.74) is 7.11. The number of hydrogen-bond acceptors (Lipinski definition) is 4. The number of thiophene rings is 1. The van der Waals surface area contributed by atoms with E-state index in [1.165, 1.54) is 11.3 Å². The van der Waals surface area contributed by atoms with Crippen LogP contribution in [0.2, 0.25) is 0 Å². The SMILES string of the molecule is C=CCC(C)NC(=O)c1sc2cccnc2c1N. The lowest BCUT2D eigenvalue weighted by Gasteiger charge is -2.10. The molecule has 0 aliphatic heterocycles. The molecule has 4 nitrogen and oxygen atoms in total. The largest absolute Gasteiger partial charge is 0.396 e. The maximum atomic E-state index is 12.1. The molecular formula is C13H15N3OS. The Kier molecular flexibility index (Phi) is 3.62. The quantitative estimate of drug-likeness (QED) is 0.831. The van der Waals surface area contributed by atoms with E-state index in [1.807, 2.05) is 19.1 Å². The molecule has 0 aromatic carbocycles. The first-order chi connectivity index (χ1) is 8.63. The highest BCUT2D eigenvalue weighted by atomic mass is 32.1. The van der Waals surface area contributed by atoms with E-state index in [0.717, 1.165) is 11.1 Å². The van der Waals surface area contributed by atoms with E-state index in [9.17, 15) is 4.79 Å². The lowest BCUT2D eigenvalue weighted by atomic mass is 10.2. The summed E-state index contributed by atoms with van der Waals surface area (Å²) < 4.78 is 0.927. The molecule has 2 aromatic rings. The maximum Gasteiger partial charge on any atom is 0.263 e. The smallest absolute Gasteiger partial charge is 0.263 e. The zero-order chi connectivity index (χ0) is 13.1. The number of anilines is 1. The van der Waals surface area contributed by atoms with Crippen molar-refractivity contribution in [3.05, 3.63) is 35.9 Å². The zero-order valence-corrected chi connectivity index (χ0v) is 11.0. The first kappa shape index (κ1) is 12.6. The summed E-state index contributed by atoms with van der Waals surface area (Å²) in [6, 6.07) is 3.79. The third kappa shape index (κ3) is 2.36. The summed E-state index contributed by atoms with van der Waals surface area (Å²) >= 11 is 1.37. The second kappa shape index (κ2) is 5.18. The second-order valence-electron chi connectivity index (χ2n) is 4.09. The topological polar surface area (TPSA) is 68.0 Å². The standard InChI is InChI=1S/C13H15N3OS/c1-3-5-8(2)16-13(17)12-10(14)11-9(18-12)6-4-7-15-11/h3-4,6-8H,1,5,14H2,2H3,(H,16,17). The number of fused-ring (bicyclic) bond motifs is 1. The number of nitrogens with one attached hydrogen (secondary N) is 1. The van der Waals surface area contributed by atoms with Crippen LogP contribution in [0.3, 0.4) is 0 Å². The second-order valence-corrected chi connectivity index (χ2v) is 5.15. The van der Waals surface area contributed by atoms with Crippen LogP contribution >= 0.6 is 11.3 Å². The molecular weight excluding hydrogens is 246 g/mol. The molecule has 1 atom stereocenters. The van der Waals surface area contributed by atoms with Gasteiger partial charge in [-0.1, -0.05) is 6.08 Å². The van der Waals surface area contributed by atoms with Gasteiger partial charge in [0.05, 0.1) is 10.4 Å². The van der Waals surface area contributed by atoms with E-state index in [4.69, 9.17) is 5.73 Å². The normalized spacial score (nSPS) is 12.3. The fourth-order valence-corrected chi connectivity index (χ4v) is 2.70. The minimum atomic E-state index is -0.148. The van der Waals surface area contributed by atoms with E-state index < -0.39 is 0 Å². The number of carbonyl (C=O) groups is 1. The van der Waals surface area contributed by atoms with Gasteiger partial charge < -0.3 is 11.1 Å². The molecule has 2 rings (SSSR count). The van der Waals surface area contributed by atoms with Gasteiger partial charge >= 0.3 is 0 Å². The summed E-state index contributed by atoms with van der Waals surface area (Å²) in [7, 11) is 0. The number of rotatable bonds is 4. The molecule has 5 heteroatoms. The molecule has 0 saturated carbocycles. The van der Waals surface area contributed by atoms with Gasteiger partial charge in [-0.15, -0.1) is 17.9 Å². The third-order valence-electron chi connectivity index (χ3n) is 2.59. The average molecular weight is 261 g/mol. The van der Waals surface area contributed by atoms with Crippen LogP contribution in [0.5, 0.6) is 0 Å². The van der Waals surface area contributed by atoms with Gasteiger partial charge in [0.25, 0.3) is 5.91 Å². The highest BCUT2D eigenvalue weighted by molar-refractivity contribution is 7.21. The summed E-state index contributed by atoms with van der Waals surface area (Å²) in [4.78, 5) is 16.8. The number of carbonyl (C=O) groups excluding carboxylic acids is 1. The van der Waals surface area contributed by atoms with Crippen molar-refractivity contribution in [2.45, 2.75) is 19.4 Å². The molecule has 1 unspecified atom stereocenters. The van der Waals surface area contributed by atoms with Crippen molar-refractivity contribution >= 4 is 33.1 Å². The Morgan fingerprint density at radius 2 is 2.50 bits per heavy atom. The zero-order valence-electron chi connectivity index (χ0n) is 10.1. The molecule has 2 heterocycles. The number of amides is 1. The number of nitrogens with two attached hydrogens (primary N) is 1. The van der Waals surface area contributed by atoms with Crippen LogP contribution in [0.15, 0.2) is 31.0 Å². The summed E-state index contributed by atoms with van der Waals surface area (Å²) in [6.45, 7) is 5.58. The highest BCUT2D eigenvalue weighted by Crippen LogP contribution is 2.31. The molecule has 3 N–H and O–H groups in total. The third-order valence-corrected chi connectivity index (χ3v) is 3.75. The van der Waals surface area contributed by atoms with E-state index in [-0.39, 0.29) is 11.9 Å². The van der Waals surface area contributed by atoms with E-state index >= 15 is 0 Å². The van der Waals surface area contributed by atoms with Crippen molar-refractivity contribution in [1.29, 1.82) is 0 Å². The van der Waals surface area contributed by atoms with Crippen molar-refractivity contribution in [3.63, 3.8) is 0 Å². The lowest BCUT2D eigenvalue weighted by Crippen LogP contribution is -2.31. The monoisotopic (exact) mass is 261 g/mol. The van der Waals surface area contributed by atoms with E-state index in [0.29, 0.717) is 16.1 Å². The van der Waals surface area contributed by atoms with Crippen LogP contribution in [0.25, 0.3) is 10.2 Å². The Labute approximate surface area is 110 Å². The summed E-state index contributed by atoms with van der Waals surface area (Å²) in [6.07, 6.45) is 4.18. The van der Waals surface area contributed by atoms with Gasteiger partial charge in [0.1, 0.15) is 10.4 Å². The van der Waals surface area contributed by atoms with Crippen LogP contribution in [0.4, 0.5) is 5.69 Å². The minimum absolute atomic E-state index is 0.0487. The Hall–Kier alpha value is -1.88. The van der Waals surface area contributed by atoms with Crippen molar-refractivity contribution < 1.29 is 4.79 Å². The Balaban J connectivity index is 2.28. The molecule has 0 saturated heterocycles. The van der Waals surface area contributed by atoms with E-state index in [1.54, 1.807) is 12.3 Å². The molecule has 0 bridgehead atoms. The van der Waals surface area contributed by atoms with Crippen LogP contribution < -0.4 is 11.1 Å². The summed E-state index contributed by atoms with van der Waals surface area (Å²) in [5.74, 6) is -0.148. The lowest BCUT2D eigenvalue weighted by molar-refractivity contribution is 0.0945. The fourth-order valence-electron chi connectivity index (χ4n) is 1.71. The molecule has 0 aliphatic carbocycles. The van der Waals surface area contributed by atoms with Crippen LogP contribution in [0, 0.1) is 0 Å². The van der Waals surface area contributed by atoms with Crippen molar-refractivity contribution in [2.24, 2.45) is 0 Å². The van der Waals surface area contributed by atoms with Gasteiger partial charge in [-0.25, -0.2) is 0 Å². The number of aromatic nitrogens is 1. The minimum Gasteiger partial charge on any atom is -0.396 e. The van der Waals surface area contributed by atoms with Gasteiger partial charge in [-0.05, 0) is 25.5 Å². The van der Waals surface area contributed by atoms with Crippen molar-refractivity contribution in [1.82, 2.24) is 10.3 Å². The predicted octanol–water partition coefficient (Wildman–Crippen LogP) is 2.57. The average Bonchev–Trinajstić information content (AvgIpc) is 2.68. The Morgan fingerprint density at radius 3 is 3.17 bits per heavy atom. The molecule has 0 radical (unpaired) electrons. The van der Waals surface area contributed by atoms with Crippen LogP contribution in [0.1, 0.15) is 23.0 Å². The first-order valence-corrected chi connectivity index (χ1v) is 6.50. The molecule has 0 fully saturated rings. The van der Waals surface area contributed by atoms with Crippen LogP contribution in [-0.2, 0) is 0 Å². The molecule has 18 heavy (non-hydrogen) atoms. The van der Waals surface area contributed by atoms with Crippen molar-refractivity contribution in [2.75, 3.05) is 5.73 Å². The first-order valence-electron chi connectivity index (χ1n) is 5.68. The van der Waals surface area contributed by atoms with Gasteiger partial charge in [0.15, 0.2) is 0 Å². The van der Waals surface area contributed by atoms with Gasteiger partial charge in [0, 0.05) is 12.2 Å². The summed E-state index contributed by atoms with van der Waals surface area (Å²) in [5, 5.41) is 2.89. The number of nitrogen functional groups attached to an aromatic ring is 1. The van der Waals surface area contributed by atoms with Crippen LogP contribution in [-0.4, -0.2) is 16.9 Å². The molecule has 0 aliphatic rings. The Morgan fingerprint density at radius 1 is 1.72 bits per heavy atom. The van der Waals surface area contributed by atoms with Gasteiger partial charge in [0.2, 0.25) is 0 Å². The van der Waals surface area contributed by atoms with E-state index in [2.05, 4.69) is 16.9 Å². The number of hydrogen-bond donors (Lipinski definition) is 2. The van der Waals surface area contributed by atoms with Gasteiger partial charge in [-0.2, -0.15) is 0 Å². The molecule has 1 amide bonds. The maximum absolute atomic E-state index is 12.1. The molecule has 94 valence electrons.